The molecule has 2 N–H and O–H groups in total. The molecule has 3 fully saturated rings. The number of rotatable bonds is 12. The molecule has 8 nitrogen and oxygen atoms in total. The molecule has 3 rings (SSSR count). The Balaban J connectivity index is 0.000000271. The van der Waals surface area contributed by atoms with Crippen molar-refractivity contribution in [2.75, 3.05) is 39.6 Å². The van der Waals surface area contributed by atoms with E-state index in [-0.39, 0.29) is 26.4 Å². The van der Waals surface area contributed by atoms with Gasteiger partial charge >= 0.3 is 11.9 Å². The van der Waals surface area contributed by atoms with Crippen LogP contribution < -0.4 is 0 Å². The Morgan fingerprint density at radius 2 is 1.14 bits per heavy atom. The van der Waals surface area contributed by atoms with Crippen LogP contribution in [0.3, 0.4) is 0 Å². The minimum absolute atomic E-state index is 0.0499. The van der Waals surface area contributed by atoms with E-state index in [4.69, 9.17) is 18.9 Å². The molecule has 36 heavy (non-hydrogen) atoms. The maximum atomic E-state index is 10.8. The number of carbonyl (C=O) groups is 2. The smallest absolute Gasteiger partial charge is 0.333 e. The highest BCUT2D eigenvalue weighted by Crippen LogP contribution is 2.58. The first kappa shape index (κ1) is 32.3. The molecular weight excluding hydrogens is 464 g/mol. The second kappa shape index (κ2) is 17.7. The standard InChI is InChI=1S/C10H16.2C9H16O4/c1-2-9-7-4-5-8(6-7)10(9)3-1;2*1-4-12-5-8(10)6-13-9(11)7(2)3/h7-10H,1-6H2;2*8,10H,2,4-6H2,1,3H3. The fourth-order valence-corrected chi connectivity index (χ4v) is 5.21. The minimum atomic E-state index is -0.761. The van der Waals surface area contributed by atoms with E-state index >= 15 is 0 Å². The Bertz CT molecular complexity index is 635. The molecule has 0 aliphatic heterocycles. The average molecular weight is 513 g/mol. The first-order valence-corrected chi connectivity index (χ1v) is 13.3. The molecule has 0 amide bonds. The second-order valence-electron chi connectivity index (χ2n) is 9.98. The Kier molecular flexibility index (Phi) is 15.8. The maximum Gasteiger partial charge on any atom is 0.333 e. The Morgan fingerprint density at radius 1 is 0.750 bits per heavy atom. The highest BCUT2D eigenvalue weighted by Gasteiger charge is 2.48. The summed E-state index contributed by atoms with van der Waals surface area (Å²) in [5.74, 6) is 3.82. The number of carbonyl (C=O) groups excluding carboxylic acids is 2. The fraction of sp³-hybridized carbons (Fsp3) is 0.786. The van der Waals surface area contributed by atoms with Crippen LogP contribution in [-0.2, 0) is 28.5 Å². The highest BCUT2D eigenvalue weighted by atomic mass is 16.6. The molecule has 208 valence electrons. The van der Waals surface area contributed by atoms with Crippen molar-refractivity contribution in [2.24, 2.45) is 23.7 Å². The molecule has 2 bridgehead atoms. The Morgan fingerprint density at radius 3 is 1.47 bits per heavy atom. The van der Waals surface area contributed by atoms with Crippen molar-refractivity contribution in [3.63, 3.8) is 0 Å². The zero-order valence-corrected chi connectivity index (χ0v) is 22.7. The van der Waals surface area contributed by atoms with Gasteiger partial charge in [-0.2, -0.15) is 0 Å². The molecule has 0 aromatic carbocycles. The van der Waals surface area contributed by atoms with Crippen LogP contribution >= 0.6 is 0 Å². The van der Waals surface area contributed by atoms with E-state index in [9.17, 15) is 19.8 Å². The number of aliphatic hydroxyl groups excluding tert-OH is 2. The van der Waals surface area contributed by atoms with Gasteiger partial charge in [0.15, 0.2) is 0 Å². The normalized spacial score (nSPS) is 24.8. The molecule has 6 atom stereocenters. The lowest BCUT2D eigenvalue weighted by molar-refractivity contribution is -0.143. The molecular formula is C28H48O8. The van der Waals surface area contributed by atoms with Gasteiger partial charge in [0.2, 0.25) is 0 Å². The summed E-state index contributed by atoms with van der Waals surface area (Å²) in [6, 6.07) is 0. The van der Waals surface area contributed by atoms with Gasteiger partial charge in [-0.25, -0.2) is 9.59 Å². The summed E-state index contributed by atoms with van der Waals surface area (Å²) >= 11 is 0. The van der Waals surface area contributed by atoms with Crippen LogP contribution in [-0.4, -0.2) is 74.0 Å². The Hall–Kier alpha value is -1.74. The van der Waals surface area contributed by atoms with Gasteiger partial charge in [-0.3, -0.25) is 0 Å². The zero-order valence-electron chi connectivity index (χ0n) is 22.7. The minimum Gasteiger partial charge on any atom is -0.460 e. The third kappa shape index (κ3) is 12.0. The van der Waals surface area contributed by atoms with E-state index in [1.807, 2.05) is 13.8 Å². The molecule has 6 unspecified atom stereocenters. The van der Waals surface area contributed by atoms with E-state index in [0.29, 0.717) is 24.4 Å². The predicted molar refractivity (Wildman–Crippen MR) is 138 cm³/mol. The molecule has 0 aromatic rings. The number of esters is 2. The van der Waals surface area contributed by atoms with Gasteiger partial charge in [-0.1, -0.05) is 19.6 Å². The molecule has 0 radical (unpaired) electrons. The summed E-state index contributed by atoms with van der Waals surface area (Å²) in [6.45, 7) is 14.9. The van der Waals surface area contributed by atoms with Crippen LogP contribution in [0.4, 0.5) is 0 Å². The second-order valence-corrected chi connectivity index (χ2v) is 9.98. The SMILES string of the molecule is C1CC2C3CCC(C3)C2C1.C=C(C)C(=O)OCC(O)COCC.C=C(C)C(=O)OCC(O)COCC. The molecule has 0 heterocycles. The first-order valence-electron chi connectivity index (χ1n) is 13.3. The Labute approximate surface area is 217 Å². The zero-order chi connectivity index (χ0) is 27.1. The van der Waals surface area contributed by atoms with Gasteiger partial charge in [0, 0.05) is 24.4 Å². The maximum absolute atomic E-state index is 10.8. The van der Waals surface area contributed by atoms with E-state index in [0.717, 1.165) is 0 Å². The summed E-state index contributed by atoms with van der Waals surface area (Å²) < 4.78 is 19.2. The lowest BCUT2D eigenvalue weighted by Gasteiger charge is -2.23. The van der Waals surface area contributed by atoms with Crippen molar-refractivity contribution in [1.29, 1.82) is 0 Å². The average Bonchev–Trinajstić information content (AvgIpc) is 3.59. The summed E-state index contributed by atoms with van der Waals surface area (Å²) in [5, 5.41) is 18.4. The topological polar surface area (TPSA) is 112 Å². The molecule has 3 aliphatic carbocycles. The van der Waals surface area contributed by atoms with Gasteiger partial charge in [-0.05, 0) is 83.5 Å². The summed E-state index contributed by atoms with van der Waals surface area (Å²) in [5.41, 5.74) is 0.646. The number of hydrogen-bond donors (Lipinski definition) is 2. The van der Waals surface area contributed by atoms with Crippen LogP contribution in [0.5, 0.6) is 0 Å². The van der Waals surface area contributed by atoms with Crippen molar-refractivity contribution in [3.05, 3.63) is 24.3 Å². The van der Waals surface area contributed by atoms with Crippen LogP contribution in [0.2, 0.25) is 0 Å². The van der Waals surface area contributed by atoms with Crippen molar-refractivity contribution in [3.8, 4) is 0 Å². The lowest BCUT2D eigenvalue weighted by Crippen LogP contribution is -2.23. The number of ether oxygens (including phenoxy) is 4. The van der Waals surface area contributed by atoms with Gasteiger partial charge in [0.25, 0.3) is 0 Å². The lowest BCUT2D eigenvalue weighted by atomic mass is 9.82. The third-order valence-corrected chi connectivity index (χ3v) is 6.89. The van der Waals surface area contributed by atoms with Crippen LogP contribution in [0.25, 0.3) is 0 Å². The van der Waals surface area contributed by atoms with Gasteiger partial charge < -0.3 is 29.2 Å². The summed E-state index contributed by atoms with van der Waals surface area (Å²) in [6.07, 6.45) is 8.01. The van der Waals surface area contributed by atoms with Crippen LogP contribution in [0.15, 0.2) is 24.3 Å². The van der Waals surface area contributed by atoms with E-state index in [2.05, 4.69) is 13.2 Å². The van der Waals surface area contributed by atoms with Crippen molar-refractivity contribution in [1.82, 2.24) is 0 Å². The fourth-order valence-electron chi connectivity index (χ4n) is 5.21. The number of aliphatic hydroxyl groups is 2. The highest BCUT2D eigenvalue weighted by molar-refractivity contribution is 5.87. The first-order chi connectivity index (χ1) is 17.1. The van der Waals surface area contributed by atoms with Gasteiger partial charge in [0.05, 0.1) is 13.2 Å². The van der Waals surface area contributed by atoms with Crippen molar-refractivity contribution >= 4 is 11.9 Å². The number of hydrogen-bond acceptors (Lipinski definition) is 8. The van der Waals surface area contributed by atoms with E-state index in [1.165, 1.54) is 23.7 Å². The molecule has 0 spiro atoms. The monoisotopic (exact) mass is 512 g/mol. The quantitative estimate of drug-likeness (QED) is 0.300. The van der Waals surface area contributed by atoms with Crippen LogP contribution in [0, 0.1) is 23.7 Å². The molecule has 8 heteroatoms. The third-order valence-electron chi connectivity index (χ3n) is 6.89. The van der Waals surface area contributed by atoms with E-state index < -0.39 is 24.1 Å². The van der Waals surface area contributed by atoms with Gasteiger partial charge in [0.1, 0.15) is 25.4 Å². The van der Waals surface area contributed by atoms with Gasteiger partial charge in [-0.15, -0.1) is 0 Å². The predicted octanol–water partition coefficient (Wildman–Crippen LogP) is 3.84. The van der Waals surface area contributed by atoms with Crippen molar-refractivity contribution in [2.45, 2.75) is 78.4 Å². The summed E-state index contributed by atoms with van der Waals surface area (Å²) in [4.78, 5) is 21.7. The van der Waals surface area contributed by atoms with Crippen molar-refractivity contribution < 1.29 is 38.7 Å². The molecule has 0 aromatic heterocycles. The summed E-state index contributed by atoms with van der Waals surface area (Å²) in [7, 11) is 0. The van der Waals surface area contributed by atoms with Crippen LogP contribution in [0.1, 0.15) is 66.2 Å². The largest absolute Gasteiger partial charge is 0.460 e. The molecule has 3 saturated carbocycles. The molecule has 0 saturated heterocycles. The number of fused-ring (bicyclic) bond motifs is 5. The van der Waals surface area contributed by atoms with E-state index in [1.54, 1.807) is 52.4 Å². The molecule has 3 aliphatic rings.